The molecular formula is C17H18N2O2. The SMILES string of the molecule is COC(=O)c1cccc(NCc2cccc3c2NCC3)c1. The smallest absolute Gasteiger partial charge is 0.337 e. The zero-order valence-electron chi connectivity index (χ0n) is 12.0. The number of esters is 1. The minimum Gasteiger partial charge on any atom is -0.465 e. The van der Waals surface area contributed by atoms with Crippen LogP contribution in [0.15, 0.2) is 42.5 Å². The number of methoxy groups -OCH3 is 1. The summed E-state index contributed by atoms with van der Waals surface area (Å²) in [5, 5.41) is 6.79. The maximum absolute atomic E-state index is 11.5. The van der Waals surface area contributed by atoms with E-state index >= 15 is 0 Å². The molecule has 0 saturated heterocycles. The molecule has 0 aromatic heterocycles. The van der Waals surface area contributed by atoms with Crippen molar-refractivity contribution >= 4 is 17.3 Å². The summed E-state index contributed by atoms with van der Waals surface area (Å²) in [5.41, 5.74) is 5.33. The van der Waals surface area contributed by atoms with Crippen LogP contribution in [0.3, 0.4) is 0 Å². The van der Waals surface area contributed by atoms with Crippen LogP contribution in [-0.2, 0) is 17.7 Å². The van der Waals surface area contributed by atoms with Crippen LogP contribution in [0.25, 0.3) is 0 Å². The average molecular weight is 282 g/mol. The molecule has 4 nitrogen and oxygen atoms in total. The van der Waals surface area contributed by atoms with E-state index in [2.05, 4.69) is 28.8 Å². The number of carbonyl (C=O) groups is 1. The van der Waals surface area contributed by atoms with E-state index in [1.165, 1.54) is 23.9 Å². The molecule has 3 rings (SSSR count). The van der Waals surface area contributed by atoms with Crippen molar-refractivity contribution in [3.63, 3.8) is 0 Å². The first kappa shape index (κ1) is 13.5. The maximum Gasteiger partial charge on any atom is 0.337 e. The van der Waals surface area contributed by atoms with Crippen LogP contribution in [0.2, 0.25) is 0 Å². The van der Waals surface area contributed by atoms with E-state index < -0.39 is 0 Å². The van der Waals surface area contributed by atoms with Gasteiger partial charge in [0.2, 0.25) is 0 Å². The molecule has 0 spiro atoms. The van der Waals surface area contributed by atoms with Crippen LogP contribution in [-0.4, -0.2) is 19.6 Å². The first-order chi connectivity index (χ1) is 10.3. The minimum absolute atomic E-state index is 0.319. The van der Waals surface area contributed by atoms with Gasteiger partial charge in [-0.2, -0.15) is 0 Å². The largest absolute Gasteiger partial charge is 0.465 e. The Morgan fingerprint density at radius 1 is 1.29 bits per heavy atom. The van der Waals surface area contributed by atoms with Gasteiger partial charge in [-0.25, -0.2) is 4.79 Å². The predicted octanol–water partition coefficient (Wildman–Crippen LogP) is 3.05. The number of ether oxygens (including phenoxy) is 1. The third-order valence-corrected chi connectivity index (χ3v) is 3.70. The first-order valence-electron chi connectivity index (χ1n) is 7.05. The lowest BCUT2D eigenvalue weighted by molar-refractivity contribution is 0.0601. The number of carbonyl (C=O) groups excluding carboxylic acids is 1. The average Bonchev–Trinajstić information content (AvgIpc) is 3.01. The summed E-state index contributed by atoms with van der Waals surface area (Å²) in [5.74, 6) is -0.319. The molecule has 0 fully saturated rings. The Morgan fingerprint density at radius 2 is 2.14 bits per heavy atom. The van der Waals surface area contributed by atoms with Crippen molar-refractivity contribution < 1.29 is 9.53 Å². The first-order valence-corrected chi connectivity index (χ1v) is 7.05. The van der Waals surface area contributed by atoms with E-state index in [9.17, 15) is 4.79 Å². The lowest BCUT2D eigenvalue weighted by atomic mass is 10.1. The third-order valence-electron chi connectivity index (χ3n) is 3.70. The zero-order valence-corrected chi connectivity index (χ0v) is 12.0. The summed E-state index contributed by atoms with van der Waals surface area (Å²) in [6, 6.07) is 13.7. The Kier molecular flexibility index (Phi) is 3.77. The van der Waals surface area contributed by atoms with Crippen molar-refractivity contribution in [2.24, 2.45) is 0 Å². The van der Waals surface area contributed by atoms with Crippen LogP contribution in [0.4, 0.5) is 11.4 Å². The number of rotatable bonds is 4. The molecule has 0 aliphatic carbocycles. The highest BCUT2D eigenvalue weighted by Crippen LogP contribution is 2.27. The van der Waals surface area contributed by atoms with Gasteiger partial charge in [-0.15, -0.1) is 0 Å². The van der Waals surface area contributed by atoms with Gasteiger partial charge in [-0.05, 0) is 35.7 Å². The van der Waals surface area contributed by atoms with Crippen molar-refractivity contribution in [2.75, 3.05) is 24.3 Å². The van der Waals surface area contributed by atoms with E-state index in [1.54, 1.807) is 6.07 Å². The number of hydrogen-bond acceptors (Lipinski definition) is 4. The van der Waals surface area contributed by atoms with Gasteiger partial charge in [-0.3, -0.25) is 0 Å². The van der Waals surface area contributed by atoms with E-state index in [4.69, 9.17) is 4.74 Å². The quantitative estimate of drug-likeness (QED) is 0.846. The normalized spacial score (nSPS) is 12.4. The Bertz CT molecular complexity index is 668. The summed E-state index contributed by atoms with van der Waals surface area (Å²) in [4.78, 5) is 11.5. The molecular weight excluding hydrogens is 264 g/mol. The third kappa shape index (κ3) is 2.84. The summed E-state index contributed by atoms with van der Waals surface area (Å²) in [6.07, 6.45) is 1.08. The lowest BCUT2D eigenvalue weighted by Crippen LogP contribution is -2.05. The van der Waals surface area contributed by atoms with Crippen molar-refractivity contribution in [1.29, 1.82) is 0 Å². The van der Waals surface area contributed by atoms with Gasteiger partial charge in [0.15, 0.2) is 0 Å². The summed E-state index contributed by atoms with van der Waals surface area (Å²) in [6.45, 7) is 1.73. The fourth-order valence-corrected chi connectivity index (χ4v) is 2.63. The molecule has 0 radical (unpaired) electrons. The van der Waals surface area contributed by atoms with E-state index in [1.807, 2.05) is 18.2 Å². The molecule has 2 N–H and O–H groups in total. The van der Waals surface area contributed by atoms with Gasteiger partial charge in [0.25, 0.3) is 0 Å². The second-order valence-corrected chi connectivity index (χ2v) is 5.05. The second kappa shape index (κ2) is 5.87. The van der Waals surface area contributed by atoms with Crippen LogP contribution >= 0.6 is 0 Å². The Balaban J connectivity index is 1.74. The number of hydrogen-bond donors (Lipinski definition) is 2. The van der Waals surface area contributed by atoms with E-state index in [-0.39, 0.29) is 5.97 Å². The molecule has 0 bridgehead atoms. The second-order valence-electron chi connectivity index (χ2n) is 5.05. The van der Waals surface area contributed by atoms with Crippen LogP contribution in [0, 0.1) is 0 Å². The standard InChI is InChI=1S/C17H18N2O2/c1-21-17(20)13-5-3-7-15(10-13)19-11-14-6-2-4-12-8-9-18-16(12)14/h2-7,10,18-19H,8-9,11H2,1H3. The van der Waals surface area contributed by atoms with Gasteiger partial charge in [0.1, 0.15) is 0 Å². The Morgan fingerprint density at radius 3 is 3.00 bits per heavy atom. The molecule has 2 aromatic rings. The molecule has 0 unspecified atom stereocenters. The molecule has 1 aliphatic heterocycles. The van der Waals surface area contributed by atoms with Crippen molar-refractivity contribution in [2.45, 2.75) is 13.0 Å². The molecule has 21 heavy (non-hydrogen) atoms. The predicted molar refractivity (Wildman–Crippen MR) is 83.7 cm³/mol. The monoisotopic (exact) mass is 282 g/mol. The van der Waals surface area contributed by atoms with Crippen LogP contribution in [0.5, 0.6) is 0 Å². The number of para-hydroxylation sites is 1. The minimum atomic E-state index is -0.319. The molecule has 0 saturated carbocycles. The van der Waals surface area contributed by atoms with Gasteiger partial charge in [0, 0.05) is 24.5 Å². The number of anilines is 2. The van der Waals surface area contributed by atoms with Crippen LogP contribution < -0.4 is 10.6 Å². The van der Waals surface area contributed by atoms with Gasteiger partial charge in [0.05, 0.1) is 12.7 Å². The van der Waals surface area contributed by atoms with Gasteiger partial charge >= 0.3 is 5.97 Å². The van der Waals surface area contributed by atoms with Crippen LogP contribution in [0.1, 0.15) is 21.5 Å². The Hall–Kier alpha value is -2.49. The Labute approximate surface area is 124 Å². The molecule has 1 aliphatic rings. The van der Waals surface area contributed by atoms with Gasteiger partial charge in [-0.1, -0.05) is 24.3 Å². The number of fused-ring (bicyclic) bond motifs is 1. The molecule has 0 atom stereocenters. The highest BCUT2D eigenvalue weighted by Gasteiger charge is 2.13. The highest BCUT2D eigenvalue weighted by molar-refractivity contribution is 5.90. The summed E-state index contributed by atoms with van der Waals surface area (Å²) in [7, 11) is 1.39. The number of nitrogens with one attached hydrogen (secondary N) is 2. The van der Waals surface area contributed by atoms with Crippen molar-refractivity contribution in [3.05, 3.63) is 59.2 Å². The molecule has 2 aromatic carbocycles. The molecule has 4 heteroatoms. The fraction of sp³-hybridized carbons (Fsp3) is 0.235. The zero-order chi connectivity index (χ0) is 14.7. The molecule has 0 amide bonds. The van der Waals surface area contributed by atoms with Crippen molar-refractivity contribution in [3.8, 4) is 0 Å². The molecule has 1 heterocycles. The van der Waals surface area contributed by atoms with Gasteiger partial charge < -0.3 is 15.4 Å². The topological polar surface area (TPSA) is 50.4 Å². The molecule has 108 valence electrons. The highest BCUT2D eigenvalue weighted by atomic mass is 16.5. The number of benzene rings is 2. The lowest BCUT2D eigenvalue weighted by Gasteiger charge is -2.11. The fourth-order valence-electron chi connectivity index (χ4n) is 2.63. The van der Waals surface area contributed by atoms with E-state index in [0.717, 1.165) is 25.2 Å². The summed E-state index contributed by atoms with van der Waals surface area (Å²) >= 11 is 0. The van der Waals surface area contributed by atoms with E-state index in [0.29, 0.717) is 5.56 Å². The van der Waals surface area contributed by atoms with Crippen molar-refractivity contribution in [1.82, 2.24) is 0 Å². The maximum atomic E-state index is 11.5. The summed E-state index contributed by atoms with van der Waals surface area (Å²) < 4.78 is 4.74.